The van der Waals surface area contributed by atoms with Gasteiger partial charge in [-0.25, -0.2) is 0 Å². The average Bonchev–Trinajstić information content (AvgIpc) is 2.36. The van der Waals surface area contributed by atoms with E-state index in [0.717, 1.165) is 0 Å². The molecule has 19 heavy (non-hydrogen) atoms. The molecule has 1 rings (SSSR count). The molecule has 0 spiro atoms. The Labute approximate surface area is 121 Å². The largest absolute Gasteiger partial charge is 0.480 e. The highest BCUT2D eigenvalue weighted by Crippen LogP contribution is 2.20. The summed E-state index contributed by atoms with van der Waals surface area (Å²) in [4.78, 5) is 24.5. The minimum atomic E-state index is -1.04. The molecule has 104 valence electrons. The summed E-state index contributed by atoms with van der Waals surface area (Å²) in [5, 5.41) is 9.48. The third-order valence-corrected chi connectivity index (χ3v) is 3.62. The lowest BCUT2D eigenvalue weighted by atomic mass is 10.1. The van der Waals surface area contributed by atoms with Gasteiger partial charge in [-0.3, -0.25) is 9.59 Å². The number of halogens is 1. The summed E-state index contributed by atoms with van der Waals surface area (Å²) < 4.78 is 0. The van der Waals surface area contributed by atoms with Crippen LogP contribution in [0.4, 0.5) is 5.69 Å². The summed E-state index contributed by atoms with van der Waals surface area (Å²) in [7, 11) is 0. The van der Waals surface area contributed by atoms with Crippen molar-refractivity contribution in [2.75, 3.05) is 23.5 Å². The second kappa shape index (κ2) is 7.40. The standard InChI is InChI=1S/C13H16ClNO3S/c1-9(8-19-2)13(18)15(7-12(16)17)11-5-3-10(14)4-6-11/h3-6,9H,7-8H2,1-2H3,(H,16,17). The Balaban J connectivity index is 2.97. The number of carboxylic acid groups (broad SMARTS) is 1. The Kier molecular flexibility index (Phi) is 6.18. The summed E-state index contributed by atoms with van der Waals surface area (Å²) in [6.07, 6.45) is 1.91. The van der Waals surface area contributed by atoms with E-state index in [2.05, 4.69) is 0 Å². The average molecular weight is 302 g/mol. The molecular weight excluding hydrogens is 286 g/mol. The SMILES string of the molecule is CSCC(C)C(=O)N(CC(=O)O)c1ccc(Cl)cc1. The number of anilines is 1. The molecule has 0 radical (unpaired) electrons. The number of amides is 1. The smallest absolute Gasteiger partial charge is 0.323 e. The van der Waals surface area contributed by atoms with Gasteiger partial charge in [0.2, 0.25) is 5.91 Å². The number of thioether (sulfide) groups is 1. The number of benzene rings is 1. The second-order valence-electron chi connectivity index (χ2n) is 4.15. The molecule has 0 saturated carbocycles. The molecular formula is C13H16ClNO3S. The van der Waals surface area contributed by atoms with Crippen LogP contribution >= 0.6 is 23.4 Å². The fourth-order valence-electron chi connectivity index (χ4n) is 1.64. The highest BCUT2D eigenvalue weighted by molar-refractivity contribution is 7.98. The molecule has 0 bridgehead atoms. The number of nitrogens with zero attached hydrogens (tertiary/aromatic N) is 1. The molecule has 0 aliphatic heterocycles. The van der Waals surface area contributed by atoms with Crippen molar-refractivity contribution in [3.8, 4) is 0 Å². The summed E-state index contributed by atoms with van der Waals surface area (Å²) in [5.41, 5.74) is 0.546. The molecule has 1 N–H and O–H groups in total. The maximum Gasteiger partial charge on any atom is 0.323 e. The van der Waals surface area contributed by atoms with Crippen LogP contribution in [-0.2, 0) is 9.59 Å². The predicted molar refractivity (Wildman–Crippen MR) is 79.0 cm³/mol. The van der Waals surface area contributed by atoms with Crippen LogP contribution in [-0.4, -0.2) is 35.5 Å². The Bertz CT molecular complexity index is 450. The van der Waals surface area contributed by atoms with Crippen molar-refractivity contribution in [1.82, 2.24) is 0 Å². The molecule has 1 unspecified atom stereocenters. The van der Waals surface area contributed by atoms with Crippen molar-refractivity contribution in [2.45, 2.75) is 6.92 Å². The summed E-state index contributed by atoms with van der Waals surface area (Å²) in [6, 6.07) is 6.57. The zero-order valence-electron chi connectivity index (χ0n) is 10.8. The van der Waals surface area contributed by atoms with Gasteiger partial charge >= 0.3 is 5.97 Å². The number of hydrogen-bond acceptors (Lipinski definition) is 3. The van der Waals surface area contributed by atoms with Crippen LogP contribution < -0.4 is 4.90 Å². The van der Waals surface area contributed by atoms with Gasteiger partial charge in [-0.15, -0.1) is 0 Å². The predicted octanol–water partition coefficient (Wildman–Crippen LogP) is 2.76. The first-order chi connectivity index (χ1) is 8.95. The fraction of sp³-hybridized carbons (Fsp3) is 0.385. The quantitative estimate of drug-likeness (QED) is 0.878. The lowest BCUT2D eigenvalue weighted by molar-refractivity contribution is -0.137. The molecule has 0 fully saturated rings. The number of carbonyl (C=O) groups excluding carboxylic acids is 1. The van der Waals surface area contributed by atoms with Crippen LogP contribution in [0.3, 0.4) is 0 Å². The van der Waals surface area contributed by atoms with Gasteiger partial charge in [-0.05, 0) is 30.5 Å². The third-order valence-electron chi connectivity index (χ3n) is 2.54. The van der Waals surface area contributed by atoms with Crippen LogP contribution in [0.25, 0.3) is 0 Å². The Morgan fingerprint density at radius 2 is 1.95 bits per heavy atom. The Morgan fingerprint density at radius 1 is 1.37 bits per heavy atom. The number of rotatable bonds is 6. The maximum atomic E-state index is 12.3. The van der Waals surface area contributed by atoms with Gasteiger partial charge in [0.25, 0.3) is 0 Å². The first-order valence-electron chi connectivity index (χ1n) is 5.73. The van der Waals surface area contributed by atoms with Crippen LogP contribution in [0, 0.1) is 5.92 Å². The van der Waals surface area contributed by atoms with Crippen molar-refractivity contribution >= 4 is 40.9 Å². The van der Waals surface area contributed by atoms with Crippen molar-refractivity contribution < 1.29 is 14.7 Å². The first-order valence-corrected chi connectivity index (χ1v) is 7.50. The third kappa shape index (κ3) is 4.76. The van der Waals surface area contributed by atoms with Crippen LogP contribution in [0.15, 0.2) is 24.3 Å². The van der Waals surface area contributed by atoms with E-state index in [0.29, 0.717) is 16.5 Å². The van der Waals surface area contributed by atoms with Gasteiger partial charge in [-0.1, -0.05) is 18.5 Å². The van der Waals surface area contributed by atoms with E-state index in [1.54, 1.807) is 43.0 Å². The van der Waals surface area contributed by atoms with Crippen LogP contribution in [0.1, 0.15) is 6.92 Å². The zero-order chi connectivity index (χ0) is 14.4. The highest BCUT2D eigenvalue weighted by atomic mass is 35.5. The van der Waals surface area contributed by atoms with Crippen LogP contribution in [0.5, 0.6) is 0 Å². The minimum Gasteiger partial charge on any atom is -0.480 e. The van der Waals surface area contributed by atoms with E-state index in [9.17, 15) is 9.59 Å². The van der Waals surface area contributed by atoms with E-state index in [1.807, 2.05) is 6.26 Å². The topological polar surface area (TPSA) is 57.6 Å². The van der Waals surface area contributed by atoms with Gasteiger partial charge in [0.1, 0.15) is 6.54 Å². The second-order valence-corrected chi connectivity index (χ2v) is 5.50. The van der Waals surface area contributed by atoms with Gasteiger partial charge < -0.3 is 10.0 Å². The first kappa shape index (κ1) is 15.9. The van der Waals surface area contributed by atoms with Gasteiger partial charge in [0.05, 0.1) is 0 Å². The fourth-order valence-corrected chi connectivity index (χ4v) is 2.41. The van der Waals surface area contributed by atoms with E-state index >= 15 is 0 Å². The monoisotopic (exact) mass is 301 g/mol. The van der Waals surface area contributed by atoms with E-state index < -0.39 is 5.97 Å². The molecule has 0 heterocycles. The van der Waals surface area contributed by atoms with Gasteiger partial charge in [-0.2, -0.15) is 11.8 Å². The minimum absolute atomic E-state index is 0.195. The van der Waals surface area contributed by atoms with Crippen molar-refractivity contribution in [3.05, 3.63) is 29.3 Å². The van der Waals surface area contributed by atoms with Crippen molar-refractivity contribution in [2.24, 2.45) is 5.92 Å². The van der Waals surface area contributed by atoms with Crippen molar-refractivity contribution in [1.29, 1.82) is 0 Å². The molecule has 1 aromatic carbocycles. The molecule has 0 aliphatic rings. The van der Waals surface area contributed by atoms with E-state index in [4.69, 9.17) is 16.7 Å². The highest BCUT2D eigenvalue weighted by Gasteiger charge is 2.23. The molecule has 0 aromatic heterocycles. The molecule has 1 atom stereocenters. The molecule has 0 saturated heterocycles. The molecule has 6 heteroatoms. The number of hydrogen-bond donors (Lipinski definition) is 1. The molecule has 1 amide bonds. The van der Waals surface area contributed by atoms with E-state index in [1.165, 1.54) is 4.90 Å². The summed E-state index contributed by atoms with van der Waals surface area (Å²) >= 11 is 7.35. The lowest BCUT2D eigenvalue weighted by Gasteiger charge is -2.24. The summed E-state index contributed by atoms with van der Waals surface area (Å²) in [5.74, 6) is -0.813. The van der Waals surface area contributed by atoms with Crippen molar-refractivity contribution in [3.63, 3.8) is 0 Å². The van der Waals surface area contributed by atoms with Gasteiger partial charge in [0.15, 0.2) is 0 Å². The molecule has 1 aromatic rings. The zero-order valence-corrected chi connectivity index (χ0v) is 12.4. The molecule has 0 aliphatic carbocycles. The Hall–Kier alpha value is -1.20. The lowest BCUT2D eigenvalue weighted by Crippen LogP contribution is -2.39. The normalized spacial score (nSPS) is 11.9. The number of carboxylic acids is 1. The molecule has 4 nitrogen and oxygen atoms in total. The maximum absolute atomic E-state index is 12.3. The van der Waals surface area contributed by atoms with Gasteiger partial charge in [0, 0.05) is 22.4 Å². The number of aliphatic carboxylic acids is 1. The summed E-state index contributed by atoms with van der Waals surface area (Å²) in [6.45, 7) is 1.45. The Morgan fingerprint density at radius 3 is 2.42 bits per heavy atom. The van der Waals surface area contributed by atoms with Crippen LogP contribution in [0.2, 0.25) is 5.02 Å². The number of carbonyl (C=O) groups is 2. The van der Waals surface area contributed by atoms with E-state index in [-0.39, 0.29) is 18.4 Å².